The highest BCUT2D eigenvalue weighted by Crippen LogP contribution is 2.26. The first-order chi connectivity index (χ1) is 5.59. The van der Waals surface area contributed by atoms with E-state index in [4.69, 9.17) is 0 Å². The van der Waals surface area contributed by atoms with Gasteiger partial charge in [-0.1, -0.05) is 0 Å². The Morgan fingerprint density at radius 2 is 2.42 bits per heavy atom. The molecule has 2 heterocycles. The van der Waals surface area contributed by atoms with Gasteiger partial charge < -0.3 is 5.32 Å². The van der Waals surface area contributed by atoms with E-state index in [0.717, 1.165) is 18.7 Å². The Balaban J connectivity index is 2.31. The molecule has 5 heteroatoms. The van der Waals surface area contributed by atoms with E-state index in [0.29, 0.717) is 6.54 Å². The van der Waals surface area contributed by atoms with Crippen LogP contribution in [0.15, 0.2) is 11.8 Å². The van der Waals surface area contributed by atoms with Gasteiger partial charge in [-0.05, 0) is 12.5 Å². The zero-order chi connectivity index (χ0) is 8.77. The largest absolute Gasteiger partial charge is 0.305 e. The molecule has 1 N–H and O–H groups in total. The van der Waals surface area contributed by atoms with Gasteiger partial charge in [-0.3, -0.25) is 4.31 Å². The molecule has 2 rings (SSSR count). The Morgan fingerprint density at radius 3 is 3.08 bits per heavy atom. The molecule has 2 aliphatic heterocycles. The number of rotatable bonds is 1. The van der Waals surface area contributed by atoms with Crippen LogP contribution in [0, 0.1) is 0 Å². The number of fused-ring (bicyclic) bond motifs is 1. The third kappa shape index (κ3) is 1.13. The van der Waals surface area contributed by atoms with Crippen LogP contribution >= 0.6 is 0 Å². The SMILES string of the molecule is CS(=O)(=O)N1CCC2NCC=C21. The smallest absolute Gasteiger partial charge is 0.232 e. The minimum atomic E-state index is -3.03. The monoisotopic (exact) mass is 188 g/mol. The number of nitrogens with one attached hydrogen (secondary N) is 1. The van der Waals surface area contributed by atoms with Gasteiger partial charge >= 0.3 is 0 Å². The average molecular weight is 188 g/mol. The quantitative estimate of drug-likeness (QED) is 0.604. The summed E-state index contributed by atoms with van der Waals surface area (Å²) in [5, 5.41) is 3.22. The Labute approximate surface area is 72.3 Å². The maximum absolute atomic E-state index is 11.2. The molecule has 0 aromatic carbocycles. The van der Waals surface area contributed by atoms with Gasteiger partial charge in [0.05, 0.1) is 6.26 Å². The lowest BCUT2D eigenvalue weighted by molar-refractivity contribution is 0.517. The summed E-state index contributed by atoms with van der Waals surface area (Å²) in [6, 6.07) is 0.278. The van der Waals surface area contributed by atoms with Crippen LogP contribution in [0.3, 0.4) is 0 Å². The third-order valence-electron chi connectivity index (χ3n) is 2.34. The van der Waals surface area contributed by atoms with Crippen LogP contribution < -0.4 is 5.32 Å². The molecule has 0 aromatic heterocycles. The lowest BCUT2D eigenvalue weighted by Gasteiger charge is -2.16. The van der Waals surface area contributed by atoms with E-state index < -0.39 is 10.0 Å². The molecule has 1 saturated heterocycles. The zero-order valence-electron chi connectivity index (χ0n) is 6.95. The maximum Gasteiger partial charge on any atom is 0.232 e. The molecule has 0 saturated carbocycles. The first kappa shape index (κ1) is 8.07. The molecule has 1 fully saturated rings. The molecular formula is C7H12N2O2S. The summed E-state index contributed by atoms with van der Waals surface area (Å²) in [4.78, 5) is 0. The van der Waals surface area contributed by atoms with Crippen molar-refractivity contribution in [2.24, 2.45) is 0 Å². The molecular weight excluding hydrogens is 176 g/mol. The van der Waals surface area contributed by atoms with Gasteiger partial charge in [0.15, 0.2) is 0 Å². The molecule has 68 valence electrons. The summed E-state index contributed by atoms with van der Waals surface area (Å²) < 4.78 is 24.0. The number of hydrogen-bond donors (Lipinski definition) is 1. The second-order valence-corrected chi connectivity index (χ2v) is 5.12. The summed E-state index contributed by atoms with van der Waals surface area (Å²) in [5.41, 5.74) is 0.942. The van der Waals surface area contributed by atoms with Gasteiger partial charge in [0.1, 0.15) is 0 Å². The van der Waals surface area contributed by atoms with Crippen LogP contribution in [0.5, 0.6) is 0 Å². The van der Waals surface area contributed by atoms with Crippen LogP contribution in [0.4, 0.5) is 0 Å². The fourth-order valence-electron chi connectivity index (χ4n) is 1.81. The van der Waals surface area contributed by atoms with Crippen molar-refractivity contribution in [3.05, 3.63) is 11.8 Å². The lowest BCUT2D eigenvalue weighted by Crippen LogP contribution is -2.27. The van der Waals surface area contributed by atoms with Gasteiger partial charge in [-0.2, -0.15) is 0 Å². The number of hydrogen-bond acceptors (Lipinski definition) is 3. The Bertz CT molecular complexity index is 320. The second-order valence-electron chi connectivity index (χ2n) is 3.21. The van der Waals surface area contributed by atoms with Crippen molar-refractivity contribution in [3.8, 4) is 0 Å². The van der Waals surface area contributed by atoms with Gasteiger partial charge in [0.25, 0.3) is 0 Å². The van der Waals surface area contributed by atoms with E-state index in [1.54, 1.807) is 0 Å². The van der Waals surface area contributed by atoms with Crippen molar-refractivity contribution in [3.63, 3.8) is 0 Å². The van der Waals surface area contributed by atoms with Crippen LogP contribution in [-0.2, 0) is 10.0 Å². The molecule has 0 aliphatic carbocycles. The molecule has 2 aliphatic rings. The van der Waals surface area contributed by atoms with Crippen molar-refractivity contribution in [1.82, 2.24) is 9.62 Å². The van der Waals surface area contributed by atoms with E-state index in [1.165, 1.54) is 10.6 Å². The fourth-order valence-corrected chi connectivity index (χ4v) is 2.83. The molecule has 12 heavy (non-hydrogen) atoms. The molecule has 4 nitrogen and oxygen atoms in total. The summed E-state index contributed by atoms with van der Waals surface area (Å²) in [5.74, 6) is 0. The summed E-state index contributed by atoms with van der Waals surface area (Å²) in [7, 11) is -3.03. The normalized spacial score (nSPS) is 28.9. The highest BCUT2D eigenvalue weighted by atomic mass is 32.2. The first-order valence-electron chi connectivity index (χ1n) is 4.00. The number of sulfonamides is 1. The standard InChI is InChI=1S/C7H12N2O2S/c1-12(10,11)9-5-3-6-7(9)2-4-8-6/h2,6,8H,3-5H2,1H3. The van der Waals surface area contributed by atoms with E-state index in [-0.39, 0.29) is 6.04 Å². The summed E-state index contributed by atoms with van der Waals surface area (Å²) in [6.45, 7) is 1.42. The summed E-state index contributed by atoms with van der Waals surface area (Å²) >= 11 is 0. The van der Waals surface area contributed by atoms with Gasteiger partial charge in [-0.15, -0.1) is 0 Å². The molecule has 1 unspecified atom stereocenters. The van der Waals surface area contributed by atoms with Crippen molar-refractivity contribution < 1.29 is 8.42 Å². The maximum atomic E-state index is 11.2. The molecule has 0 bridgehead atoms. The van der Waals surface area contributed by atoms with Crippen molar-refractivity contribution in [1.29, 1.82) is 0 Å². The zero-order valence-corrected chi connectivity index (χ0v) is 7.76. The van der Waals surface area contributed by atoms with Crippen molar-refractivity contribution in [2.45, 2.75) is 12.5 Å². The van der Waals surface area contributed by atoms with Crippen molar-refractivity contribution >= 4 is 10.0 Å². The second kappa shape index (κ2) is 2.47. The van der Waals surface area contributed by atoms with E-state index in [1.807, 2.05) is 6.08 Å². The van der Waals surface area contributed by atoms with E-state index in [9.17, 15) is 8.42 Å². The Kier molecular flexibility index (Phi) is 1.66. The predicted octanol–water partition coefficient (Wildman–Crippen LogP) is -0.493. The summed E-state index contributed by atoms with van der Waals surface area (Å²) in [6.07, 6.45) is 4.12. The van der Waals surface area contributed by atoms with Crippen LogP contribution in [-0.4, -0.2) is 38.1 Å². The Morgan fingerprint density at radius 1 is 1.67 bits per heavy atom. The average Bonchev–Trinajstić information content (AvgIpc) is 2.37. The highest BCUT2D eigenvalue weighted by Gasteiger charge is 2.34. The Hall–Kier alpha value is -0.550. The number of nitrogens with zero attached hydrogens (tertiary/aromatic N) is 1. The lowest BCUT2D eigenvalue weighted by atomic mass is 10.2. The van der Waals surface area contributed by atoms with Crippen molar-refractivity contribution in [2.75, 3.05) is 19.3 Å². The minimum Gasteiger partial charge on any atom is -0.305 e. The minimum absolute atomic E-state index is 0.278. The molecule has 0 amide bonds. The van der Waals surface area contributed by atoms with Crippen LogP contribution in [0.2, 0.25) is 0 Å². The highest BCUT2D eigenvalue weighted by molar-refractivity contribution is 7.88. The fraction of sp³-hybridized carbons (Fsp3) is 0.714. The predicted molar refractivity (Wildman–Crippen MR) is 46.0 cm³/mol. The van der Waals surface area contributed by atoms with Crippen LogP contribution in [0.25, 0.3) is 0 Å². The van der Waals surface area contributed by atoms with Gasteiger partial charge in [-0.25, -0.2) is 8.42 Å². The van der Waals surface area contributed by atoms with E-state index >= 15 is 0 Å². The third-order valence-corrected chi connectivity index (χ3v) is 3.54. The van der Waals surface area contributed by atoms with Gasteiger partial charge in [0, 0.05) is 24.8 Å². The van der Waals surface area contributed by atoms with Gasteiger partial charge in [0.2, 0.25) is 10.0 Å². The molecule has 0 aromatic rings. The first-order valence-corrected chi connectivity index (χ1v) is 5.85. The van der Waals surface area contributed by atoms with E-state index in [2.05, 4.69) is 5.32 Å². The van der Waals surface area contributed by atoms with Crippen LogP contribution in [0.1, 0.15) is 6.42 Å². The molecule has 0 radical (unpaired) electrons. The molecule has 1 atom stereocenters. The molecule has 0 spiro atoms. The topological polar surface area (TPSA) is 49.4 Å².